The number of halogens is 1. The minimum absolute atomic E-state index is 0.0298. The van der Waals surface area contributed by atoms with Crippen LogP contribution in [0.25, 0.3) is 0 Å². The molecule has 0 spiro atoms. The van der Waals surface area contributed by atoms with Gasteiger partial charge in [-0.3, -0.25) is 4.79 Å². The van der Waals surface area contributed by atoms with E-state index < -0.39 is 0 Å². The van der Waals surface area contributed by atoms with Crippen LogP contribution >= 0.6 is 0 Å². The van der Waals surface area contributed by atoms with E-state index in [1.54, 1.807) is 20.2 Å². The second kappa shape index (κ2) is 7.23. The molecule has 0 saturated carbocycles. The quantitative estimate of drug-likeness (QED) is 0.817. The zero-order chi connectivity index (χ0) is 17.0. The van der Waals surface area contributed by atoms with Crippen molar-refractivity contribution in [3.8, 4) is 0 Å². The average Bonchev–Trinajstić information content (AvgIpc) is 2.46. The van der Waals surface area contributed by atoms with Gasteiger partial charge in [0, 0.05) is 27.2 Å². The van der Waals surface area contributed by atoms with Gasteiger partial charge in [0.15, 0.2) is 0 Å². The zero-order valence-corrected chi connectivity index (χ0v) is 14.1. The molecule has 1 fully saturated rings. The van der Waals surface area contributed by atoms with Crippen molar-refractivity contribution < 1.29 is 18.7 Å². The fourth-order valence-electron chi connectivity index (χ4n) is 2.52. The van der Waals surface area contributed by atoms with Crippen LogP contribution in [0.5, 0.6) is 0 Å². The van der Waals surface area contributed by atoms with E-state index >= 15 is 0 Å². The first kappa shape index (κ1) is 17.6. The second-order valence-corrected chi connectivity index (χ2v) is 6.52. The highest BCUT2D eigenvalue weighted by molar-refractivity contribution is 5.76. The van der Waals surface area contributed by atoms with Crippen LogP contribution in [0.15, 0.2) is 18.3 Å². The number of likely N-dealkylation sites (N-methyl/N-ethyl adjacent to an activating group) is 1. The number of nitrogens with zero attached hydrogens (tertiary/aromatic N) is 3. The molecule has 2 rings (SSSR count). The van der Waals surface area contributed by atoms with Gasteiger partial charge in [-0.05, 0) is 26.0 Å². The van der Waals surface area contributed by atoms with Crippen molar-refractivity contribution in [2.45, 2.75) is 25.6 Å². The van der Waals surface area contributed by atoms with Crippen LogP contribution in [-0.2, 0) is 14.3 Å². The number of anilines is 1. The van der Waals surface area contributed by atoms with E-state index in [-0.39, 0.29) is 30.0 Å². The van der Waals surface area contributed by atoms with Crippen molar-refractivity contribution in [3.63, 3.8) is 0 Å². The molecular formula is C16H24FN3O3. The van der Waals surface area contributed by atoms with E-state index in [9.17, 15) is 9.18 Å². The molecule has 7 heteroatoms. The summed E-state index contributed by atoms with van der Waals surface area (Å²) >= 11 is 0. The highest BCUT2D eigenvalue weighted by Crippen LogP contribution is 2.25. The first-order valence-corrected chi connectivity index (χ1v) is 7.59. The molecule has 6 nitrogen and oxygen atoms in total. The van der Waals surface area contributed by atoms with Gasteiger partial charge in [-0.15, -0.1) is 0 Å². The number of pyridine rings is 1. The molecule has 1 amide bonds. The molecule has 0 radical (unpaired) electrons. The average molecular weight is 325 g/mol. The summed E-state index contributed by atoms with van der Waals surface area (Å²) in [7, 11) is 3.38. The molecule has 2 heterocycles. The van der Waals surface area contributed by atoms with E-state index in [0.717, 1.165) is 0 Å². The number of hydrogen-bond donors (Lipinski definition) is 0. The van der Waals surface area contributed by atoms with E-state index in [0.29, 0.717) is 25.5 Å². The summed E-state index contributed by atoms with van der Waals surface area (Å²) in [6, 6.07) is 3.05. The number of carbonyl (C=O) groups excluding carboxylic acids is 1. The van der Waals surface area contributed by atoms with Crippen LogP contribution < -0.4 is 4.90 Å². The minimum Gasteiger partial charge on any atom is -0.369 e. The third kappa shape index (κ3) is 5.14. The molecule has 1 aliphatic heterocycles. The Balaban J connectivity index is 1.95. The lowest BCUT2D eigenvalue weighted by Crippen LogP contribution is -2.54. The maximum Gasteiger partial charge on any atom is 0.248 e. The summed E-state index contributed by atoms with van der Waals surface area (Å²) in [6.45, 7) is 5.56. The molecule has 1 aromatic heterocycles. The normalized spacial score (nSPS) is 20.4. The van der Waals surface area contributed by atoms with Crippen molar-refractivity contribution in [3.05, 3.63) is 24.1 Å². The lowest BCUT2D eigenvalue weighted by molar-refractivity contribution is -0.139. The Bertz CT molecular complexity index is 534. The van der Waals surface area contributed by atoms with Gasteiger partial charge >= 0.3 is 0 Å². The van der Waals surface area contributed by atoms with Crippen LogP contribution in [0.2, 0.25) is 0 Å². The maximum absolute atomic E-state index is 13.0. The summed E-state index contributed by atoms with van der Waals surface area (Å²) in [5, 5.41) is 0. The van der Waals surface area contributed by atoms with Crippen molar-refractivity contribution in [1.82, 2.24) is 9.88 Å². The lowest BCUT2D eigenvalue weighted by Gasteiger charge is -2.43. The predicted octanol–water partition coefficient (Wildman–Crippen LogP) is 1.31. The molecule has 23 heavy (non-hydrogen) atoms. The van der Waals surface area contributed by atoms with Crippen LogP contribution in [-0.4, -0.2) is 67.9 Å². The van der Waals surface area contributed by atoms with Gasteiger partial charge in [0.2, 0.25) is 5.91 Å². The Morgan fingerprint density at radius 3 is 2.87 bits per heavy atom. The molecule has 0 aromatic carbocycles. The lowest BCUT2D eigenvalue weighted by atomic mass is 10.1. The summed E-state index contributed by atoms with van der Waals surface area (Å²) < 4.78 is 24.5. The summed E-state index contributed by atoms with van der Waals surface area (Å²) in [4.78, 5) is 19.2. The smallest absolute Gasteiger partial charge is 0.248 e. The fraction of sp³-hybridized carbons (Fsp3) is 0.625. The third-order valence-corrected chi connectivity index (χ3v) is 3.55. The van der Waals surface area contributed by atoms with Crippen molar-refractivity contribution in [1.29, 1.82) is 0 Å². The van der Waals surface area contributed by atoms with E-state index in [1.807, 2.05) is 18.7 Å². The van der Waals surface area contributed by atoms with Crippen LogP contribution in [0.1, 0.15) is 13.8 Å². The summed E-state index contributed by atoms with van der Waals surface area (Å²) in [5.74, 6) is 0.262. The van der Waals surface area contributed by atoms with Crippen LogP contribution in [0.4, 0.5) is 10.2 Å². The maximum atomic E-state index is 13.0. The topological polar surface area (TPSA) is 54.9 Å². The van der Waals surface area contributed by atoms with Gasteiger partial charge in [0.25, 0.3) is 0 Å². The SMILES string of the molecule is CN(C)C(=O)COC[C@H]1CN(c2ccc(F)cn2)CC(C)(C)O1. The number of aromatic nitrogens is 1. The standard InChI is InChI=1S/C16H24FN3O3/c1-16(2)11-20(14-6-5-12(17)7-18-14)8-13(23-16)9-22-10-15(21)19(3)4/h5-7,13H,8-11H2,1-4H3/t13-/m1/s1. The Morgan fingerprint density at radius 1 is 1.52 bits per heavy atom. The molecular weight excluding hydrogens is 301 g/mol. The van der Waals surface area contributed by atoms with Gasteiger partial charge in [0.05, 0.1) is 24.5 Å². The van der Waals surface area contributed by atoms with Gasteiger partial charge in [0.1, 0.15) is 18.2 Å². The Hall–Kier alpha value is -1.73. The Kier molecular flexibility index (Phi) is 5.54. The van der Waals surface area contributed by atoms with Gasteiger partial charge in [-0.2, -0.15) is 0 Å². The summed E-state index contributed by atoms with van der Waals surface area (Å²) in [6.07, 6.45) is 1.03. The predicted molar refractivity (Wildman–Crippen MR) is 84.9 cm³/mol. The molecule has 0 aliphatic carbocycles. The minimum atomic E-state index is -0.381. The molecule has 0 N–H and O–H groups in total. The zero-order valence-electron chi connectivity index (χ0n) is 14.1. The van der Waals surface area contributed by atoms with Gasteiger partial charge in [-0.1, -0.05) is 0 Å². The van der Waals surface area contributed by atoms with Crippen molar-refractivity contribution in [2.75, 3.05) is 45.3 Å². The first-order valence-electron chi connectivity index (χ1n) is 7.59. The first-order chi connectivity index (χ1) is 10.8. The number of rotatable bonds is 5. The molecule has 1 saturated heterocycles. The number of ether oxygens (including phenoxy) is 2. The van der Waals surface area contributed by atoms with E-state index in [2.05, 4.69) is 4.98 Å². The van der Waals surface area contributed by atoms with E-state index in [4.69, 9.17) is 9.47 Å². The largest absolute Gasteiger partial charge is 0.369 e. The molecule has 1 aromatic rings. The Labute approximate surface area is 136 Å². The fourth-order valence-corrected chi connectivity index (χ4v) is 2.52. The van der Waals surface area contributed by atoms with Gasteiger partial charge in [-0.25, -0.2) is 9.37 Å². The van der Waals surface area contributed by atoms with Crippen molar-refractivity contribution >= 4 is 11.7 Å². The molecule has 128 valence electrons. The van der Waals surface area contributed by atoms with Crippen LogP contribution in [0, 0.1) is 5.82 Å². The summed E-state index contributed by atoms with van der Waals surface area (Å²) in [5.41, 5.74) is -0.381. The number of carbonyl (C=O) groups is 1. The third-order valence-electron chi connectivity index (χ3n) is 3.55. The molecule has 0 bridgehead atoms. The van der Waals surface area contributed by atoms with Crippen molar-refractivity contribution in [2.24, 2.45) is 0 Å². The molecule has 1 aliphatic rings. The highest BCUT2D eigenvalue weighted by Gasteiger charge is 2.34. The second-order valence-electron chi connectivity index (χ2n) is 6.52. The number of morpholine rings is 1. The Morgan fingerprint density at radius 2 is 2.26 bits per heavy atom. The molecule has 0 unspecified atom stereocenters. The van der Waals surface area contributed by atoms with Gasteiger partial charge < -0.3 is 19.3 Å². The molecule has 1 atom stereocenters. The number of amides is 1. The monoisotopic (exact) mass is 325 g/mol. The van der Waals surface area contributed by atoms with E-state index in [1.165, 1.54) is 17.2 Å². The van der Waals surface area contributed by atoms with Crippen LogP contribution in [0.3, 0.4) is 0 Å². The number of hydrogen-bond acceptors (Lipinski definition) is 5. The highest BCUT2D eigenvalue weighted by atomic mass is 19.1.